The Morgan fingerprint density at radius 2 is 1.93 bits per heavy atom. The molecule has 0 radical (unpaired) electrons. The minimum Gasteiger partial charge on any atom is -0.335 e. The predicted octanol–water partition coefficient (Wildman–Crippen LogP) is 4.20. The Morgan fingerprint density at radius 3 is 2.62 bits per heavy atom. The molecule has 3 rings (SSSR count). The van der Waals surface area contributed by atoms with Gasteiger partial charge < -0.3 is 11.2 Å². The van der Waals surface area contributed by atoms with Crippen LogP contribution in [-0.2, 0) is 11.0 Å². The van der Waals surface area contributed by atoms with Crippen molar-refractivity contribution in [2.24, 2.45) is 0 Å². The van der Waals surface area contributed by atoms with Crippen LogP contribution in [0.1, 0.15) is 5.56 Å². The fraction of sp³-hybridized carbons (Fsp3) is 0.118. The Labute approximate surface area is 171 Å². The molecule has 0 spiro atoms. The molecule has 2 aromatic carbocycles. The number of nitrogens with one attached hydrogen (secondary N) is 1. The summed E-state index contributed by atoms with van der Waals surface area (Å²) in [6, 6.07) is 8.43. The SMILES string of the molecule is Nn1c(SCC(=O)Nc2cc(C(F)(F)F)ccc2Cl)nnc1-c1ccccc1F. The Kier molecular flexibility index (Phi) is 5.99. The summed E-state index contributed by atoms with van der Waals surface area (Å²) in [6.07, 6.45) is -4.57. The van der Waals surface area contributed by atoms with E-state index in [0.717, 1.165) is 34.6 Å². The maximum absolute atomic E-state index is 13.9. The zero-order valence-corrected chi connectivity index (χ0v) is 15.9. The maximum Gasteiger partial charge on any atom is 0.416 e. The molecule has 0 fully saturated rings. The number of aromatic nitrogens is 3. The van der Waals surface area contributed by atoms with Gasteiger partial charge in [-0.15, -0.1) is 10.2 Å². The summed E-state index contributed by atoms with van der Waals surface area (Å²) in [7, 11) is 0. The third-order valence-corrected chi connectivity index (χ3v) is 4.95. The van der Waals surface area contributed by atoms with Crippen molar-refractivity contribution in [3.63, 3.8) is 0 Å². The van der Waals surface area contributed by atoms with E-state index in [2.05, 4.69) is 15.5 Å². The van der Waals surface area contributed by atoms with Gasteiger partial charge in [0.05, 0.1) is 27.6 Å². The Bertz CT molecular complexity index is 1060. The molecular weight excluding hydrogens is 434 g/mol. The second kappa shape index (κ2) is 8.29. The van der Waals surface area contributed by atoms with Crippen molar-refractivity contribution < 1.29 is 22.4 Å². The van der Waals surface area contributed by atoms with E-state index in [9.17, 15) is 22.4 Å². The summed E-state index contributed by atoms with van der Waals surface area (Å²) in [4.78, 5) is 12.1. The lowest BCUT2D eigenvalue weighted by molar-refractivity contribution is -0.137. The first-order chi connectivity index (χ1) is 13.7. The monoisotopic (exact) mass is 445 g/mol. The van der Waals surface area contributed by atoms with Gasteiger partial charge in [-0.05, 0) is 30.3 Å². The quantitative estimate of drug-likeness (QED) is 0.349. The van der Waals surface area contributed by atoms with Crippen molar-refractivity contribution in [1.82, 2.24) is 14.9 Å². The lowest BCUT2D eigenvalue weighted by Crippen LogP contribution is -2.17. The van der Waals surface area contributed by atoms with E-state index < -0.39 is 23.5 Å². The molecule has 6 nitrogen and oxygen atoms in total. The third kappa shape index (κ3) is 4.80. The number of amides is 1. The molecule has 0 aliphatic carbocycles. The number of nitrogen functional groups attached to an aromatic ring is 1. The normalized spacial score (nSPS) is 11.5. The number of nitrogens with two attached hydrogens (primary N) is 1. The van der Waals surface area contributed by atoms with E-state index in [1.165, 1.54) is 18.2 Å². The van der Waals surface area contributed by atoms with E-state index in [4.69, 9.17) is 17.4 Å². The third-order valence-electron chi connectivity index (χ3n) is 3.68. The van der Waals surface area contributed by atoms with Crippen molar-refractivity contribution in [3.05, 3.63) is 58.9 Å². The number of alkyl halides is 3. The van der Waals surface area contributed by atoms with Crippen molar-refractivity contribution >= 4 is 35.0 Å². The lowest BCUT2D eigenvalue weighted by atomic mass is 10.2. The first-order valence-electron chi connectivity index (χ1n) is 7.91. The number of hydrogen-bond donors (Lipinski definition) is 2. The van der Waals surface area contributed by atoms with E-state index in [1.807, 2.05) is 0 Å². The van der Waals surface area contributed by atoms with E-state index in [1.54, 1.807) is 6.07 Å². The van der Waals surface area contributed by atoms with Crippen LogP contribution in [0.4, 0.5) is 23.2 Å². The summed E-state index contributed by atoms with van der Waals surface area (Å²) in [6.45, 7) is 0. The number of carbonyl (C=O) groups excluding carboxylic acids is 1. The zero-order valence-electron chi connectivity index (χ0n) is 14.4. The average Bonchev–Trinajstić information content (AvgIpc) is 3.02. The van der Waals surface area contributed by atoms with Gasteiger partial charge >= 0.3 is 6.18 Å². The Hall–Kier alpha value is -2.79. The number of thioether (sulfide) groups is 1. The summed E-state index contributed by atoms with van der Waals surface area (Å²) in [5.41, 5.74) is -0.982. The van der Waals surface area contributed by atoms with Gasteiger partial charge in [-0.2, -0.15) is 13.2 Å². The molecule has 0 atom stereocenters. The molecule has 1 aromatic heterocycles. The molecule has 0 saturated heterocycles. The molecule has 12 heteroatoms. The van der Waals surface area contributed by atoms with Crippen LogP contribution in [0.25, 0.3) is 11.4 Å². The lowest BCUT2D eigenvalue weighted by Gasteiger charge is -2.11. The topological polar surface area (TPSA) is 85.8 Å². The van der Waals surface area contributed by atoms with Crippen LogP contribution >= 0.6 is 23.4 Å². The highest BCUT2D eigenvalue weighted by Gasteiger charge is 2.31. The van der Waals surface area contributed by atoms with Gasteiger partial charge in [0.25, 0.3) is 0 Å². The summed E-state index contributed by atoms with van der Waals surface area (Å²) < 4.78 is 53.3. The summed E-state index contributed by atoms with van der Waals surface area (Å²) >= 11 is 6.72. The standard InChI is InChI=1S/C17H12ClF4N5OS/c18-11-6-5-9(17(20,21)22)7-13(11)24-14(28)8-29-16-26-25-15(27(16)23)10-3-1-2-4-12(10)19/h1-7H,8,23H2,(H,24,28). The van der Waals surface area contributed by atoms with Gasteiger partial charge in [0.1, 0.15) is 5.82 Å². The summed E-state index contributed by atoms with van der Waals surface area (Å²) in [5.74, 6) is 4.51. The minimum atomic E-state index is -4.57. The van der Waals surface area contributed by atoms with Crippen LogP contribution in [-0.4, -0.2) is 26.5 Å². The van der Waals surface area contributed by atoms with Gasteiger partial charge in [0, 0.05) is 0 Å². The highest BCUT2D eigenvalue weighted by molar-refractivity contribution is 7.99. The van der Waals surface area contributed by atoms with Crippen LogP contribution in [0.2, 0.25) is 5.02 Å². The van der Waals surface area contributed by atoms with E-state index >= 15 is 0 Å². The number of benzene rings is 2. The number of anilines is 1. The molecule has 1 heterocycles. The van der Waals surface area contributed by atoms with Crippen LogP contribution in [0.3, 0.4) is 0 Å². The Morgan fingerprint density at radius 1 is 1.21 bits per heavy atom. The van der Waals surface area contributed by atoms with Gasteiger partial charge in [-0.25, -0.2) is 9.07 Å². The number of halogens is 5. The van der Waals surface area contributed by atoms with Crippen LogP contribution in [0, 0.1) is 5.82 Å². The van der Waals surface area contributed by atoms with Gasteiger partial charge in [-0.3, -0.25) is 4.79 Å². The van der Waals surface area contributed by atoms with Gasteiger partial charge in [0.15, 0.2) is 5.82 Å². The van der Waals surface area contributed by atoms with Crippen molar-refractivity contribution in [1.29, 1.82) is 0 Å². The first-order valence-corrected chi connectivity index (χ1v) is 9.28. The number of carbonyl (C=O) groups is 1. The highest BCUT2D eigenvalue weighted by Crippen LogP contribution is 2.34. The highest BCUT2D eigenvalue weighted by atomic mass is 35.5. The second-order valence-electron chi connectivity index (χ2n) is 5.69. The van der Waals surface area contributed by atoms with E-state index in [-0.39, 0.29) is 33.0 Å². The van der Waals surface area contributed by atoms with Crippen molar-refractivity contribution in [3.8, 4) is 11.4 Å². The molecule has 0 bridgehead atoms. The van der Waals surface area contributed by atoms with Gasteiger partial charge in [0.2, 0.25) is 11.1 Å². The molecule has 3 N–H and O–H groups in total. The molecule has 0 saturated carbocycles. The smallest absolute Gasteiger partial charge is 0.335 e. The maximum atomic E-state index is 13.9. The molecule has 0 aliphatic heterocycles. The largest absolute Gasteiger partial charge is 0.416 e. The van der Waals surface area contributed by atoms with Crippen molar-refractivity contribution in [2.75, 3.05) is 16.9 Å². The van der Waals surface area contributed by atoms with Crippen molar-refractivity contribution in [2.45, 2.75) is 11.3 Å². The first kappa shape index (κ1) is 20.9. The van der Waals surface area contributed by atoms with E-state index in [0.29, 0.717) is 0 Å². The fourth-order valence-corrected chi connectivity index (χ4v) is 3.14. The van der Waals surface area contributed by atoms with Crippen LogP contribution in [0.5, 0.6) is 0 Å². The van der Waals surface area contributed by atoms with Gasteiger partial charge in [-0.1, -0.05) is 35.5 Å². The number of hydrogen-bond acceptors (Lipinski definition) is 5. The molecular formula is C17H12ClF4N5OS. The molecule has 3 aromatic rings. The average molecular weight is 446 g/mol. The number of rotatable bonds is 5. The zero-order chi connectivity index (χ0) is 21.2. The molecule has 1 amide bonds. The van der Waals surface area contributed by atoms with Crippen LogP contribution < -0.4 is 11.2 Å². The fourth-order valence-electron chi connectivity index (χ4n) is 2.32. The minimum absolute atomic E-state index is 0.0415. The molecule has 29 heavy (non-hydrogen) atoms. The molecule has 0 unspecified atom stereocenters. The van der Waals surface area contributed by atoms with Crippen LogP contribution in [0.15, 0.2) is 47.6 Å². The predicted molar refractivity (Wildman–Crippen MR) is 101 cm³/mol. The molecule has 0 aliphatic rings. The summed E-state index contributed by atoms with van der Waals surface area (Å²) in [5, 5.41) is 10.0. The molecule has 152 valence electrons. The Balaban J connectivity index is 1.69. The second-order valence-corrected chi connectivity index (χ2v) is 7.03. The number of nitrogens with zero attached hydrogens (tertiary/aromatic N) is 3.